The number of rotatable bonds is 5. The molecule has 9 nitrogen and oxygen atoms in total. The number of H-pyrrole nitrogens is 1. The van der Waals surface area contributed by atoms with Crippen LogP contribution >= 0.6 is 22.9 Å². The third kappa shape index (κ3) is 3.81. The van der Waals surface area contributed by atoms with Crippen LogP contribution in [-0.2, 0) is 4.74 Å². The zero-order valence-corrected chi connectivity index (χ0v) is 15.7. The maximum absolute atomic E-state index is 12.4. The molecule has 1 aliphatic heterocycles. The maximum atomic E-state index is 12.4. The molecule has 140 valence electrons. The zero-order chi connectivity index (χ0) is 18.8. The van der Waals surface area contributed by atoms with Crippen molar-refractivity contribution in [1.82, 2.24) is 20.3 Å². The Labute approximate surface area is 158 Å². The summed E-state index contributed by atoms with van der Waals surface area (Å²) in [6.07, 6.45) is 1.71. The van der Waals surface area contributed by atoms with Gasteiger partial charge in [0.15, 0.2) is 16.1 Å². The summed E-state index contributed by atoms with van der Waals surface area (Å²) < 4.78 is 5.52. The molecule has 0 radical (unpaired) electrons. The first-order valence-corrected chi connectivity index (χ1v) is 9.08. The Morgan fingerprint density at radius 1 is 1.54 bits per heavy atom. The highest BCUT2D eigenvalue weighted by molar-refractivity contribution is 7.17. The fourth-order valence-corrected chi connectivity index (χ4v) is 3.71. The monoisotopic (exact) mass is 399 g/mol. The molecule has 11 heteroatoms. The molecule has 2 aromatic heterocycles. The number of carbonyl (C=O) groups is 2. The van der Waals surface area contributed by atoms with Crippen molar-refractivity contribution >= 4 is 39.9 Å². The Balaban J connectivity index is 1.65. The Morgan fingerprint density at radius 2 is 2.31 bits per heavy atom. The number of carbonyl (C=O) groups excluding carboxylic acids is 1. The molecular weight excluding hydrogens is 382 g/mol. The third-order valence-corrected chi connectivity index (χ3v) is 5.61. The van der Waals surface area contributed by atoms with Gasteiger partial charge in [-0.3, -0.25) is 4.79 Å². The molecule has 2 aromatic rings. The first-order chi connectivity index (χ1) is 12.4. The summed E-state index contributed by atoms with van der Waals surface area (Å²) in [5.41, 5.74) is 0.632. The van der Waals surface area contributed by atoms with E-state index in [1.807, 2.05) is 4.90 Å². The molecule has 3 heterocycles. The summed E-state index contributed by atoms with van der Waals surface area (Å²) >= 11 is 7.00. The van der Waals surface area contributed by atoms with Crippen molar-refractivity contribution in [3.63, 3.8) is 0 Å². The van der Waals surface area contributed by atoms with Crippen molar-refractivity contribution in [2.75, 3.05) is 25.1 Å². The molecule has 0 saturated carbocycles. The van der Waals surface area contributed by atoms with Crippen LogP contribution in [0.5, 0.6) is 0 Å². The number of imidazole rings is 1. The van der Waals surface area contributed by atoms with E-state index in [1.165, 1.54) is 6.20 Å². The Bertz CT molecular complexity index is 803. The predicted molar refractivity (Wildman–Crippen MR) is 96.3 cm³/mol. The minimum Gasteiger partial charge on any atom is -0.477 e. The number of anilines is 1. The van der Waals surface area contributed by atoms with Crippen LogP contribution in [0.3, 0.4) is 0 Å². The number of carboxylic acid groups (broad SMARTS) is 1. The molecule has 1 aliphatic rings. The number of aromatic nitrogens is 3. The van der Waals surface area contributed by atoms with Gasteiger partial charge < -0.3 is 25.0 Å². The third-order valence-electron chi connectivity index (χ3n) is 4.19. The van der Waals surface area contributed by atoms with Gasteiger partial charge in [0.25, 0.3) is 5.91 Å². The van der Waals surface area contributed by atoms with E-state index in [9.17, 15) is 9.59 Å². The number of aromatic amines is 1. The lowest BCUT2D eigenvalue weighted by atomic mass is 10.0. The Morgan fingerprint density at radius 3 is 2.88 bits per heavy atom. The summed E-state index contributed by atoms with van der Waals surface area (Å²) in [6.45, 7) is 2.85. The molecule has 1 amide bonds. The molecule has 3 N–H and O–H groups in total. The summed E-state index contributed by atoms with van der Waals surface area (Å²) in [5, 5.41) is 12.8. The largest absolute Gasteiger partial charge is 0.477 e. The van der Waals surface area contributed by atoms with Gasteiger partial charge in [-0.25, -0.2) is 14.8 Å². The maximum Gasteiger partial charge on any atom is 0.347 e. The normalized spacial score (nSPS) is 20.2. The molecule has 3 rings (SSSR count). The van der Waals surface area contributed by atoms with Gasteiger partial charge in [-0.1, -0.05) is 22.9 Å². The van der Waals surface area contributed by atoms with Crippen LogP contribution in [-0.4, -0.2) is 64.3 Å². The van der Waals surface area contributed by atoms with Gasteiger partial charge in [0.1, 0.15) is 4.88 Å². The van der Waals surface area contributed by atoms with E-state index in [2.05, 4.69) is 20.3 Å². The number of halogens is 1. The van der Waals surface area contributed by atoms with E-state index in [-0.39, 0.29) is 33.9 Å². The number of aryl methyl sites for hydroxylation is 1. The van der Waals surface area contributed by atoms with Crippen LogP contribution in [0.4, 0.5) is 5.13 Å². The molecule has 1 saturated heterocycles. The van der Waals surface area contributed by atoms with Crippen LogP contribution in [0.2, 0.25) is 5.15 Å². The number of ether oxygens (including phenoxy) is 1. The van der Waals surface area contributed by atoms with Crippen LogP contribution in [0, 0.1) is 6.92 Å². The number of methoxy groups -OCH3 is 1. The lowest BCUT2D eigenvalue weighted by molar-refractivity contribution is 0.0538. The topological polar surface area (TPSA) is 120 Å². The van der Waals surface area contributed by atoms with Gasteiger partial charge in [0.05, 0.1) is 24.0 Å². The molecule has 26 heavy (non-hydrogen) atoms. The SMILES string of the molecule is CO[C@H]1CN(c2ncc(C(=O)O)s2)CCC1NC(=O)c1nc(Cl)c(C)[nH]1. The van der Waals surface area contributed by atoms with Crippen LogP contribution < -0.4 is 10.2 Å². The quantitative estimate of drug-likeness (QED) is 0.697. The van der Waals surface area contributed by atoms with E-state index in [4.69, 9.17) is 21.4 Å². The van der Waals surface area contributed by atoms with Gasteiger partial charge in [0, 0.05) is 20.2 Å². The van der Waals surface area contributed by atoms with Crippen molar-refractivity contribution in [1.29, 1.82) is 0 Å². The summed E-state index contributed by atoms with van der Waals surface area (Å²) in [5.74, 6) is -1.18. The molecule has 2 atom stereocenters. The highest BCUT2D eigenvalue weighted by Gasteiger charge is 2.32. The van der Waals surface area contributed by atoms with E-state index in [1.54, 1.807) is 14.0 Å². The van der Waals surface area contributed by atoms with E-state index < -0.39 is 5.97 Å². The fraction of sp³-hybridized carbons (Fsp3) is 0.467. The zero-order valence-electron chi connectivity index (χ0n) is 14.2. The lowest BCUT2D eigenvalue weighted by Gasteiger charge is -2.37. The Hall–Kier alpha value is -2.17. The number of piperidine rings is 1. The van der Waals surface area contributed by atoms with Crippen molar-refractivity contribution in [3.05, 3.63) is 27.7 Å². The van der Waals surface area contributed by atoms with Crippen LogP contribution in [0.25, 0.3) is 0 Å². The standard InChI is InChI=1S/C15H18ClN5O4S/c1-7-11(16)20-12(18-7)13(22)19-8-3-4-21(6-9(8)25-2)15-17-5-10(26-15)14(23)24/h5,8-9H,3-4,6H2,1-2H3,(H,18,20)(H,19,22)(H,23,24)/t8?,9-/m0/s1. The van der Waals surface area contributed by atoms with Gasteiger partial charge in [-0.15, -0.1) is 0 Å². The second-order valence-corrected chi connectivity index (χ2v) is 7.27. The molecular formula is C15H18ClN5O4S. The van der Waals surface area contributed by atoms with Crippen molar-refractivity contribution < 1.29 is 19.4 Å². The first-order valence-electron chi connectivity index (χ1n) is 7.89. The number of carboxylic acids is 1. The second kappa shape index (κ2) is 7.60. The van der Waals surface area contributed by atoms with Crippen LogP contribution in [0.15, 0.2) is 6.20 Å². The molecule has 0 aromatic carbocycles. The van der Waals surface area contributed by atoms with Crippen LogP contribution in [0.1, 0.15) is 32.4 Å². The van der Waals surface area contributed by atoms with E-state index in [0.717, 1.165) is 11.3 Å². The molecule has 1 fully saturated rings. The molecule has 0 bridgehead atoms. The Kier molecular flexibility index (Phi) is 5.44. The van der Waals surface area contributed by atoms with Gasteiger partial charge in [0.2, 0.25) is 0 Å². The van der Waals surface area contributed by atoms with Gasteiger partial charge >= 0.3 is 5.97 Å². The molecule has 1 unspecified atom stereocenters. The number of amides is 1. The average molecular weight is 400 g/mol. The van der Waals surface area contributed by atoms with Crippen molar-refractivity contribution in [2.45, 2.75) is 25.5 Å². The number of thiazole rings is 1. The second-order valence-electron chi connectivity index (χ2n) is 5.90. The van der Waals surface area contributed by atoms with Gasteiger partial charge in [-0.2, -0.15) is 0 Å². The molecule has 0 aliphatic carbocycles. The first kappa shape index (κ1) is 18.6. The molecule has 0 spiro atoms. The van der Waals surface area contributed by atoms with E-state index >= 15 is 0 Å². The number of nitrogens with zero attached hydrogens (tertiary/aromatic N) is 3. The predicted octanol–water partition coefficient (Wildman–Crippen LogP) is 1.55. The van der Waals surface area contributed by atoms with Gasteiger partial charge in [-0.05, 0) is 13.3 Å². The number of hydrogen-bond acceptors (Lipinski definition) is 7. The highest BCUT2D eigenvalue weighted by atomic mass is 35.5. The number of aromatic carboxylic acids is 1. The minimum absolute atomic E-state index is 0.163. The average Bonchev–Trinajstić information content (AvgIpc) is 3.23. The minimum atomic E-state index is -0.994. The summed E-state index contributed by atoms with van der Waals surface area (Å²) in [4.78, 5) is 36.5. The van der Waals surface area contributed by atoms with Crippen molar-refractivity contribution in [3.8, 4) is 0 Å². The summed E-state index contributed by atoms with van der Waals surface area (Å²) in [6, 6.07) is -0.202. The van der Waals surface area contributed by atoms with E-state index in [0.29, 0.717) is 30.3 Å². The number of nitrogens with one attached hydrogen (secondary N) is 2. The summed E-state index contributed by atoms with van der Waals surface area (Å²) in [7, 11) is 1.58. The smallest absolute Gasteiger partial charge is 0.347 e. The number of hydrogen-bond donors (Lipinski definition) is 3. The van der Waals surface area contributed by atoms with Crippen molar-refractivity contribution in [2.24, 2.45) is 0 Å². The highest BCUT2D eigenvalue weighted by Crippen LogP contribution is 2.26. The lowest BCUT2D eigenvalue weighted by Crippen LogP contribution is -2.55. The fourth-order valence-electron chi connectivity index (χ4n) is 2.79.